The fourth-order valence-corrected chi connectivity index (χ4v) is 4.84. The minimum Gasteiger partial charge on any atom is -0.465 e. The molecule has 0 unspecified atom stereocenters. The van der Waals surface area contributed by atoms with Crippen LogP contribution in [0.3, 0.4) is 0 Å². The van der Waals surface area contributed by atoms with Gasteiger partial charge in [-0.2, -0.15) is 16.9 Å². The molecule has 4 rings (SSSR count). The molecule has 0 aliphatic carbocycles. The first-order chi connectivity index (χ1) is 16.1. The first-order valence-electron chi connectivity index (χ1n) is 11.4. The van der Waals surface area contributed by atoms with Crippen LogP contribution in [0.5, 0.6) is 0 Å². The van der Waals surface area contributed by atoms with Gasteiger partial charge in [-0.25, -0.2) is 0 Å². The van der Waals surface area contributed by atoms with E-state index in [1.54, 1.807) is 0 Å². The lowest BCUT2D eigenvalue weighted by Gasteiger charge is -2.28. The zero-order valence-electron chi connectivity index (χ0n) is 19.0. The summed E-state index contributed by atoms with van der Waals surface area (Å²) in [7, 11) is 0. The second-order valence-electron chi connectivity index (χ2n) is 8.14. The zero-order chi connectivity index (χ0) is 23.0. The highest BCUT2D eigenvalue weighted by Gasteiger charge is 2.20. The van der Waals surface area contributed by atoms with Gasteiger partial charge in [0.05, 0.1) is 19.4 Å². The smallest absolute Gasteiger partial charge is 0.320 e. The number of hydrazone groups is 1. The highest BCUT2D eigenvalue weighted by molar-refractivity contribution is 7.99. The Bertz CT molecular complexity index is 1000. The third-order valence-electron chi connectivity index (χ3n) is 5.74. The zero-order valence-corrected chi connectivity index (χ0v) is 19.8. The van der Waals surface area contributed by atoms with Crippen LogP contribution in [0.4, 0.5) is 5.69 Å². The number of nitrogens with zero attached hydrogens (tertiary/aromatic N) is 3. The molecule has 1 amide bonds. The van der Waals surface area contributed by atoms with E-state index in [-0.39, 0.29) is 18.4 Å². The standard InChI is InChI=1S/C25H30N4O3S/c1-2-32-24(30)18-28-10-9-20-5-6-21(15-22(20)17-28)25(31)27-23-7-3-19(4-8-23)16-26-29-11-13-33-14-12-29/h3-8,15-16H,2,9-14,17-18H2,1H3,(H,27,31)/b26-16+. The van der Waals surface area contributed by atoms with Crippen molar-refractivity contribution in [2.45, 2.75) is 19.9 Å². The Balaban J connectivity index is 1.35. The Hall–Kier alpha value is -2.84. The monoisotopic (exact) mass is 466 g/mol. The largest absolute Gasteiger partial charge is 0.465 e. The van der Waals surface area contributed by atoms with Crippen molar-refractivity contribution in [1.29, 1.82) is 0 Å². The molecule has 1 fully saturated rings. The SMILES string of the molecule is CCOC(=O)CN1CCc2ccc(C(=O)Nc3ccc(/C=N/N4CCSCC4)cc3)cc2C1. The number of esters is 1. The summed E-state index contributed by atoms with van der Waals surface area (Å²) in [5.41, 5.74) is 4.67. The van der Waals surface area contributed by atoms with E-state index in [4.69, 9.17) is 4.74 Å². The fraction of sp³-hybridized carbons (Fsp3) is 0.400. The molecule has 0 radical (unpaired) electrons. The lowest BCUT2D eigenvalue weighted by Crippen LogP contribution is -2.35. The van der Waals surface area contributed by atoms with E-state index in [2.05, 4.69) is 20.3 Å². The number of anilines is 1. The Labute approximate surface area is 199 Å². The molecule has 2 aromatic carbocycles. The molecular formula is C25H30N4O3S. The molecule has 1 saturated heterocycles. The number of carbonyl (C=O) groups is 2. The number of carbonyl (C=O) groups excluding carboxylic acids is 2. The van der Waals surface area contributed by atoms with Gasteiger partial charge in [-0.15, -0.1) is 0 Å². The Morgan fingerprint density at radius 2 is 1.88 bits per heavy atom. The van der Waals surface area contributed by atoms with Gasteiger partial charge in [0.25, 0.3) is 5.91 Å². The van der Waals surface area contributed by atoms with Gasteiger partial charge in [-0.05, 0) is 54.3 Å². The molecule has 2 aliphatic heterocycles. The van der Waals surface area contributed by atoms with Crippen LogP contribution in [0.2, 0.25) is 0 Å². The molecule has 1 N–H and O–H groups in total. The maximum Gasteiger partial charge on any atom is 0.320 e. The predicted octanol–water partition coefficient (Wildman–Crippen LogP) is 3.24. The van der Waals surface area contributed by atoms with Crippen molar-refractivity contribution in [1.82, 2.24) is 9.91 Å². The number of rotatable bonds is 7. The number of thioether (sulfide) groups is 1. The lowest BCUT2D eigenvalue weighted by molar-refractivity contribution is -0.144. The van der Waals surface area contributed by atoms with E-state index in [0.29, 0.717) is 18.7 Å². The first kappa shape index (κ1) is 23.3. The van der Waals surface area contributed by atoms with Crippen LogP contribution in [0.15, 0.2) is 47.6 Å². The summed E-state index contributed by atoms with van der Waals surface area (Å²) in [4.78, 5) is 26.7. The van der Waals surface area contributed by atoms with Crippen LogP contribution in [0.1, 0.15) is 34.0 Å². The average molecular weight is 467 g/mol. The van der Waals surface area contributed by atoms with Crippen molar-refractivity contribution in [2.75, 3.05) is 49.6 Å². The third kappa shape index (κ3) is 6.58. The van der Waals surface area contributed by atoms with Gasteiger partial charge in [0.1, 0.15) is 0 Å². The minimum absolute atomic E-state index is 0.146. The van der Waals surface area contributed by atoms with Gasteiger partial charge in [-0.3, -0.25) is 19.5 Å². The second-order valence-corrected chi connectivity index (χ2v) is 9.36. The number of fused-ring (bicyclic) bond motifs is 1. The normalized spacial score (nSPS) is 16.5. The van der Waals surface area contributed by atoms with Gasteiger partial charge in [0, 0.05) is 48.9 Å². The molecule has 0 aromatic heterocycles. The molecule has 0 spiro atoms. The Kier molecular flexibility index (Phi) is 8.01. The van der Waals surface area contributed by atoms with Crippen molar-refractivity contribution in [3.8, 4) is 0 Å². The molecule has 2 heterocycles. The van der Waals surface area contributed by atoms with Crippen LogP contribution in [0.25, 0.3) is 0 Å². The summed E-state index contributed by atoms with van der Waals surface area (Å²) in [6, 6.07) is 13.5. The van der Waals surface area contributed by atoms with Gasteiger partial charge >= 0.3 is 5.97 Å². The summed E-state index contributed by atoms with van der Waals surface area (Å²) >= 11 is 1.96. The highest BCUT2D eigenvalue weighted by Crippen LogP contribution is 2.21. The van der Waals surface area contributed by atoms with Crippen LogP contribution in [0, 0.1) is 0 Å². The summed E-state index contributed by atoms with van der Waals surface area (Å²) in [6.45, 7) is 5.88. The molecular weight excluding hydrogens is 436 g/mol. The predicted molar refractivity (Wildman–Crippen MR) is 133 cm³/mol. The molecule has 8 heteroatoms. The first-order valence-corrected chi connectivity index (χ1v) is 12.5. The summed E-state index contributed by atoms with van der Waals surface area (Å²) in [5, 5.41) is 9.61. The summed E-state index contributed by atoms with van der Waals surface area (Å²) < 4.78 is 5.06. The van der Waals surface area contributed by atoms with E-state index < -0.39 is 0 Å². The molecule has 0 atom stereocenters. The summed E-state index contributed by atoms with van der Waals surface area (Å²) in [6.07, 6.45) is 2.73. The Morgan fingerprint density at radius 3 is 2.64 bits per heavy atom. The van der Waals surface area contributed by atoms with E-state index in [1.165, 1.54) is 5.56 Å². The van der Waals surface area contributed by atoms with Gasteiger partial charge in [0.15, 0.2) is 0 Å². The van der Waals surface area contributed by atoms with Crippen molar-refractivity contribution in [2.24, 2.45) is 5.10 Å². The number of hydrogen-bond donors (Lipinski definition) is 1. The van der Waals surface area contributed by atoms with Crippen LogP contribution in [-0.4, -0.2) is 72.3 Å². The maximum atomic E-state index is 12.8. The molecule has 2 aromatic rings. The molecule has 0 saturated carbocycles. The number of ether oxygens (including phenoxy) is 1. The quantitative estimate of drug-likeness (QED) is 0.499. The van der Waals surface area contributed by atoms with E-state index >= 15 is 0 Å². The van der Waals surface area contributed by atoms with Crippen molar-refractivity contribution >= 4 is 35.5 Å². The van der Waals surface area contributed by atoms with Gasteiger partial charge < -0.3 is 10.1 Å². The number of nitrogens with one attached hydrogen (secondary N) is 1. The topological polar surface area (TPSA) is 74.2 Å². The van der Waals surface area contributed by atoms with E-state index in [9.17, 15) is 9.59 Å². The molecule has 0 bridgehead atoms. The number of amides is 1. The van der Waals surface area contributed by atoms with Crippen LogP contribution >= 0.6 is 11.8 Å². The molecule has 174 valence electrons. The second kappa shape index (κ2) is 11.3. The minimum atomic E-state index is -0.210. The van der Waals surface area contributed by atoms with Crippen LogP contribution < -0.4 is 5.32 Å². The van der Waals surface area contributed by atoms with Gasteiger partial charge in [0.2, 0.25) is 0 Å². The van der Waals surface area contributed by atoms with Gasteiger partial charge in [-0.1, -0.05) is 18.2 Å². The maximum absolute atomic E-state index is 12.8. The van der Waals surface area contributed by atoms with E-state index in [1.807, 2.05) is 67.4 Å². The number of benzene rings is 2. The van der Waals surface area contributed by atoms with Crippen molar-refractivity contribution < 1.29 is 14.3 Å². The highest BCUT2D eigenvalue weighted by atomic mass is 32.2. The number of hydrogen-bond acceptors (Lipinski definition) is 7. The molecule has 2 aliphatic rings. The van der Waals surface area contributed by atoms with Crippen LogP contribution in [-0.2, 0) is 22.5 Å². The lowest BCUT2D eigenvalue weighted by atomic mass is 9.97. The molecule has 7 nitrogen and oxygen atoms in total. The molecule has 33 heavy (non-hydrogen) atoms. The third-order valence-corrected chi connectivity index (χ3v) is 6.69. The van der Waals surface area contributed by atoms with Crippen molar-refractivity contribution in [3.05, 3.63) is 64.7 Å². The van der Waals surface area contributed by atoms with Crippen molar-refractivity contribution in [3.63, 3.8) is 0 Å². The van der Waals surface area contributed by atoms with E-state index in [0.717, 1.165) is 54.4 Å². The average Bonchev–Trinajstić information content (AvgIpc) is 2.84. The fourth-order valence-electron chi connectivity index (χ4n) is 3.95. The summed E-state index contributed by atoms with van der Waals surface area (Å²) in [5.74, 6) is 1.88. The Morgan fingerprint density at radius 1 is 1.09 bits per heavy atom.